The Labute approximate surface area is 345 Å². The highest BCUT2D eigenvalue weighted by Crippen LogP contribution is 2.50. The average Bonchev–Trinajstić information content (AvgIpc) is 3.75. The van der Waals surface area contributed by atoms with Gasteiger partial charge >= 0.3 is 0 Å². The van der Waals surface area contributed by atoms with Crippen LogP contribution in [0.15, 0.2) is 218 Å². The van der Waals surface area contributed by atoms with Crippen molar-refractivity contribution in [3.05, 3.63) is 230 Å². The Morgan fingerprint density at radius 1 is 0.339 bits per heavy atom. The molecule has 1 heterocycles. The van der Waals surface area contributed by atoms with Gasteiger partial charge in [0, 0.05) is 38.9 Å². The third-order valence-electron chi connectivity index (χ3n) is 12.4. The molecular formula is C57H42N2. The van der Waals surface area contributed by atoms with Crippen LogP contribution in [0.2, 0.25) is 0 Å². The van der Waals surface area contributed by atoms with E-state index in [0.29, 0.717) is 0 Å². The van der Waals surface area contributed by atoms with Gasteiger partial charge in [-0.1, -0.05) is 166 Å². The van der Waals surface area contributed by atoms with Crippen molar-refractivity contribution in [3.63, 3.8) is 0 Å². The standard InChI is InChI=1S/C57H42N2/c1-57(2)53-19-11-9-17-49(53)50-35-34-48(38-54(50)57)58(45-28-21-41(22-29-45)39-13-5-3-6-14-39)46-30-25-43(26-31-46)44-27-36-56-52(37-44)51-18-10-12-20-55(51)59(56)47-32-23-42(24-33-47)40-15-7-4-8-16-40/h3-38H,1-2H3. The minimum atomic E-state index is -0.0952. The molecule has 0 fully saturated rings. The molecular weight excluding hydrogens is 713 g/mol. The summed E-state index contributed by atoms with van der Waals surface area (Å²) < 4.78 is 2.39. The Kier molecular flexibility index (Phi) is 8.20. The summed E-state index contributed by atoms with van der Waals surface area (Å²) >= 11 is 0. The van der Waals surface area contributed by atoms with E-state index in [9.17, 15) is 0 Å². The molecule has 11 rings (SSSR count). The number of anilines is 3. The van der Waals surface area contributed by atoms with Gasteiger partial charge in [0.2, 0.25) is 0 Å². The predicted octanol–water partition coefficient (Wildman–Crippen LogP) is 15.6. The van der Waals surface area contributed by atoms with Crippen LogP contribution in [0.1, 0.15) is 25.0 Å². The zero-order valence-electron chi connectivity index (χ0n) is 33.2. The number of hydrogen-bond donors (Lipinski definition) is 0. The molecule has 0 radical (unpaired) electrons. The first-order valence-corrected chi connectivity index (χ1v) is 20.5. The largest absolute Gasteiger partial charge is 0.310 e. The molecule has 0 spiro atoms. The van der Waals surface area contributed by atoms with E-state index in [1.165, 1.54) is 77.4 Å². The Hall–Kier alpha value is -7.42. The SMILES string of the molecule is CC1(C)c2ccccc2-c2ccc(N(c3ccc(-c4ccccc4)cc3)c3ccc(-c4ccc5c(c4)c4ccccc4n5-c4ccc(-c5ccccc5)cc4)cc3)cc21. The van der Waals surface area contributed by atoms with E-state index in [0.717, 1.165) is 22.7 Å². The maximum atomic E-state index is 2.41. The van der Waals surface area contributed by atoms with Crippen molar-refractivity contribution in [1.82, 2.24) is 4.57 Å². The van der Waals surface area contributed by atoms with Gasteiger partial charge in [-0.15, -0.1) is 0 Å². The van der Waals surface area contributed by atoms with Crippen LogP contribution < -0.4 is 4.90 Å². The number of hydrogen-bond acceptors (Lipinski definition) is 1. The number of aromatic nitrogens is 1. The van der Waals surface area contributed by atoms with Gasteiger partial charge in [0.15, 0.2) is 0 Å². The van der Waals surface area contributed by atoms with Crippen molar-refractivity contribution in [2.24, 2.45) is 0 Å². The number of rotatable bonds is 7. The van der Waals surface area contributed by atoms with Crippen LogP contribution in [0, 0.1) is 0 Å². The molecule has 1 aliphatic carbocycles. The van der Waals surface area contributed by atoms with Crippen molar-refractivity contribution in [1.29, 1.82) is 0 Å². The molecule has 1 aliphatic rings. The fourth-order valence-corrected chi connectivity index (χ4v) is 9.38. The van der Waals surface area contributed by atoms with E-state index < -0.39 is 0 Å². The fourth-order valence-electron chi connectivity index (χ4n) is 9.38. The summed E-state index contributed by atoms with van der Waals surface area (Å²) in [5, 5.41) is 2.50. The maximum absolute atomic E-state index is 2.41. The molecule has 2 nitrogen and oxygen atoms in total. The third kappa shape index (κ3) is 5.87. The molecule has 0 atom stereocenters. The van der Waals surface area contributed by atoms with Crippen LogP contribution in [0.5, 0.6) is 0 Å². The molecule has 280 valence electrons. The lowest BCUT2D eigenvalue weighted by Crippen LogP contribution is -2.16. The molecule has 10 aromatic rings. The van der Waals surface area contributed by atoms with Crippen molar-refractivity contribution < 1.29 is 0 Å². The Balaban J connectivity index is 0.979. The van der Waals surface area contributed by atoms with Crippen LogP contribution >= 0.6 is 0 Å². The van der Waals surface area contributed by atoms with E-state index in [-0.39, 0.29) is 5.41 Å². The number of fused-ring (bicyclic) bond motifs is 6. The van der Waals surface area contributed by atoms with Crippen LogP contribution in [0.3, 0.4) is 0 Å². The molecule has 0 N–H and O–H groups in total. The molecule has 0 unspecified atom stereocenters. The molecule has 0 saturated carbocycles. The zero-order valence-corrected chi connectivity index (χ0v) is 33.2. The van der Waals surface area contributed by atoms with E-state index in [2.05, 4.69) is 242 Å². The second kappa shape index (κ2) is 13.9. The summed E-state index contributed by atoms with van der Waals surface area (Å²) in [7, 11) is 0. The molecule has 0 saturated heterocycles. The smallest absolute Gasteiger partial charge is 0.0541 e. The maximum Gasteiger partial charge on any atom is 0.0541 e. The summed E-state index contributed by atoms with van der Waals surface area (Å²) in [5.74, 6) is 0. The number of nitrogens with zero attached hydrogens (tertiary/aromatic N) is 2. The lowest BCUT2D eigenvalue weighted by molar-refractivity contribution is 0.660. The van der Waals surface area contributed by atoms with Crippen LogP contribution in [-0.2, 0) is 5.41 Å². The van der Waals surface area contributed by atoms with Crippen molar-refractivity contribution in [3.8, 4) is 50.2 Å². The minimum Gasteiger partial charge on any atom is -0.310 e. The predicted molar refractivity (Wildman–Crippen MR) is 249 cm³/mol. The van der Waals surface area contributed by atoms with E-state index in [1.54, 1.807) is 0 Å². The summed E-state index contributed by atoms with van der Waals surface area (Å²) in [4.78, 5) is 2.40. The van der Waals surface area contributed by atoms with Crippen molar-refractivity contribution in [2.45, 2.75) is 19.3 Å². The van der Waals surface area contributed by atoms with Gasteiger partial charge in [-0.3, -0.25) is 0 Å². The van der Waals surface area contributed by atoms with Gasteiger partial charge in [0.25, 0.3) is 0 Å². The normalized spacial score (nSPS) is 12.7. The highest BCUT2D eigenvalue weighted by atomic mass is 15.1. The minimum absolute atomic E-state index is 0.0952. The summed E-state index contributed by atoms with van der Waals surface area (Å²) in [6.07, 6.45) is 0. The molecule has 2 heteroatoms. The molecule has 1 aromatic heterocycles. The number of benzene rings is 9. The Morgan fingerprint density at radius 2 is 0.814 bits per heavy atom. The second-order valence-electron chi connectivity index (χ2n) is 16.2. The highest BCUT2D eigenvalue weighted by molar-refractivity contribution is 6.10. The second-order valence-corrected chi connectivity index (χ2v) is 16.2. The summed E-state index contributed by atoms with van der Waals surface area (Å²) in [5.41, 5.74) is 19.5. The van der Waals surface area contributed by atoms with E-state index in [1.807, 2.05) is 0 Å². The van der Waals surface area contributed by atoms with Crippen molar-refractivity contribution in [2.75, 3.05) is 4.90 Å². The summed E-state index contributed by atoms with van der Waals surface area (Å²) in [6, 6.07) is 79.8. The first-order chi connectivity index (χ1) is 29.0. The molecule has 0 amide bonds. The highest BCUT2D eigenvalue weighted by Gasteiger charge is 2.35. The first kappa shape index (κ1) is 34.8. The number of para-hydroxylation sites is 1. The van der Waals surface area contributed by atoms with Crippen LogP contribution in [0.25, 0.3) is 72.0 Å². The Morgan fingerprint density at radius 3 is 1.47 bits per heavy atom. The van der Waals surface area contributed by atoms with Gasteiger partial charge in [-0.05, 0) is 122 Å². The van der Waals surface area contributed by atoms with Gasteiger partial charge in [-0.2, -0.15) is 0 Å². The zero-order chi connectivity index (χ0) is 39.5. The summed E-state index contributed by atoms with van der Waals surface area (Å²) in [6.45, 7) is 4.70. The first-order valence-electron chi connectivity index (χ1n) is 20.5. The van der Waals surface area contributed by atoms with Crippen LogP contribution in [-0.4, -0.2) is 4.57 Å². The lowest BCUT2D eigenvalue weighted by atomic mass is 9.82. The van der Waals surface area contributed by atoms with E-state index >= 15 is 0 Å². The molecule has 9 aromatic carbocycles. The van der Waals surface area contributed by atoms with Gasteiger partial charge in [0.1, 0.15) is 0 Å². The lowest BCUT2D eigenvalue weighted by Gasteiger charge is -2.28. The monoisotopic (exact) mass is 754 g/mol. The van der Waals surface area contributed by atoms with Gasteiger partial charge < -0.3 is 9.47 Å². The van der Waals surface area contributed by atoms with Crippen molar-refractivity contribution >= 4 is 38.9 Å². The quantitative estimate of drug-likeness (QED) is 0.157. The van der Waals surface area contributed by atoms with Gasteiger partial charge in [-0.25, -0.2) is 0 Å². The third-order valence-corrected chi connectivity index (χ3v) is 12.4. The van der Waals surface area contributed by atoms with Crippen LogP contribution in [0.4, 0.5) is 17.1 Å². The van der Waals surface area contributed by atoms with E-state index in [4.69, 9.17) is 0 Å². The topological polar surface area (TPSA) is 8.17 Å². The Bertz CT molecular complexity index is 3140. The molecule has 59 heavy (non-hydrogen) atoms. The molecule has 0 aliphatic heterocycles. The van der Waals surface area contributed by atoms with Gasteiger partial charge in [0.05, 0.1) is 11.0 Å². The average molecular weight is 755 g/mol. The fraction of sp³-hybridized carbons (Fsp3) is 0.0526. The molecule has 0 bridgehead atoms.